The van der Waals surface area contributed by atoms with Gasteiger partial charge in [0.05, 0.1) is 12.5 Å². The molecule has 0 saturated heterocycles. The largest absolute Gasteiger partial charge is 0.468 e. The van der Waals surface area contributed by atoms with E-state index in [1.54, 1.807) is 72.9 Å². The fraction of sp³-hybridized carbons (Fsp3) is 0.600. The first-order chi connectivity index (χ1) is 15.4. The molecule has 0 aliphatic carbocycles. The first-order valence-electron chi connectivity index (χ1n) is 11.4. The highest BCUT2D eigenvalue weighted by atomic mass is 16.6. The second-order valence-corrected chi connectivity index (χ2v) is 10.6. The maximum absolute atomic E-state index is 13.2. The Morgan fingerprint density at radius 1 is 0.912 bits per heavy atom. The van der Waals surface area contributed by atoms with E-state index < -0.39 is 39.8 Å². The molecule has 0 spiro atoms. The van der Waals surface area contributed by atoms with Gasteiger partial charge in [0.2, 0.25) is 11.8 Å². The predicted octanol–water partition coefficient (Wildman–Crippen LogP) is 1.89. The summed E-state index contributed by atoms with van der Waals surface area (Å²) in [5.41, 5.74) is -3.66. The van der Waals surface area contributed by atoms with Gasteiger partial charge in [0.15, 0.2) is 0 Å². The summed E-state index contributed by atoms with van der Waals surface area (Å²) in [5, 5.41) is 2.68. The number of hydrogen-bond acceptors (Lipinski definition) is 6. The average Bonchev–Trinajstić information content (AvgIpc) is 2.76. The van der Waals surface area contributed by atoms with Crippen LogP contribution < -0.4 is 5.32 Å². The van der Waals surface area contributed by atoms with Crippen LogP contribution in [-0.2, 0) is 39.7 Å². The van der Waals surface area contributed by atoms with Crippen LogP contribution in [0.4, 0.5) is 0 Å². The number of hydrogen-bond donors (Lipinski definition) is 1. The molecule has 188 valence electrons. The number of amides is 2. The topological polar surface area (TPSA) is 102 Å². The van der Waals surface area contributed by atoms with E-state index in [0.29, 0.717) is 17.6 Å². The number of carbonyl (C=O) groups is 4. The maximum Gasteiger partial charge on any atom is 0.321 e. The monoisotopic (exact) mass is 474 g/mol. The van der Waals surface area contributed by atoms with E-state index in [2.05, 4.69) is 5.32 Å². The molecule has 0 aromatic heterocycles. The van der Waals surface area contributed by atoms with E-state index in [4.69, 9.17) is 9.47 Å². The number of methoxy groups -OCH3 is 1. The molecule has 0 bridgehead atoms. The first-order valence-corrected chi connectivity index (χ1v) is 11.4. The van der Waals surface area contributed by atoms with Crippen LogP contribution in [0.1, 0.15) is 66.5 Å². The minimum Gasteiger partial charge on any atom is -0.468 e. The van der Waals surface area contributed by atoms with Crippen LogP contribution in [0.25, 0.3) is 0 Å². The van der Waals surface area contributed by atoms with Crippen molar-refractivity contribution in [3.05, 3.63) is 35.4 Å². The summed E-state index contributed by atoms with van der Waals surface area (Å²) in [6.45, 7) is 13.0. The van der Waals surface area contributed by atoms with Crippen molar-refractivity contribution in [1.29, 1.82) is 0 Å². The minimum atomic E-state index is -1.58. The third kappa shape index (κ3) is 5.99. The van der Waals surface area contributed by atoms with E-state index in [1.165, 1.54) is 25.9 Å². The van der Waals surface area contributed by atoms with Gasteiger partial charge in [0.1, 0.15) is 24.4 Å². The fourth-order valence-corrected chi connectivity index (χ4v) is 3.54. The third-order valence-electron chi connectivity index (χ3n) is 6.15. The number of benzene rings is 1. The molecular formula is C25H39BN2O6. The summed E-state index contributed by atoms with van der Waals surface area (Å²) in [4.78, 5) is 52.8. The third-order valence-corrected chi connectivity index (χ3v) is 6.15. The van der Waals surface area contributed by atoms with Gasteiger partial charge in [-0.25, -0.2) is 0 Å². The Labute approximate surface area is 204 Å². The molecule has 0 aliphatic heterocycles. The molecule has 0 atom stereocenters. The molecule has 1 aromatic rings. The number of esters is 2. The molecule has 0 unspecified atom stereocenters. The van der Waals surface area contributed by atoms with Gasteiger partial charge >= 0.3 is 11.9 Å². The Bertz CT molecular complexity index is 952. The summed E-state index contributed by atoms with van der Waals surface area (Å²) in [7, 11) is 4.80. The molecule has 1 aromatic carbocycles. The molecule has 2 amide bonds. The molecule has 0 radical (unpaired) electrons. The van der Waals surface area contributed by atoms with Crippen LogP contribution in [0.3, 0.4) is 0 Å². The van der Waals surface area contributed by atoms with Crippen molar-refractivity contribution in [2.75, 3.05) is 20.6 Å². The Hall–Kier alpha value is -2.84. The van der Waals surface area contributed by atoms with Crippen LogP contribution in [-0.4, -0.2) is 62.6 Å². The molecule has 9 heteroatoms. The van der Waals surface area contributed by atoms with Gasteiger partial charge in [0.25, 0.3) is 0 Å². The van der Waals surface area contributed by atoms with Gasteiger partial charge < -0.3 is 19.7 Å². The molecule has 8 nitrogen and oxygen atoms in total. The van der Waals surface area contributed by atoms with Gasteiger partial charge in [-0.3, -0.25) is 19.2 Å². The average molecular weight is 474 g/mol. The van der Waals surface area contributed by atoms with Crippen LogP contribution in [0.2, 0.25) is 0 Å². The van der Waals surface area contributed by atoms with E-state index in [0.717, 1.165) is 0 Å². The van der Waals surface area contributed by atoms with Gasteiger partial charge in [-0.2, -0.15) is 0 Å². The number of nitrogens with one attached hydrogen (secondary N) is 1. The maximum atomic E-state index is 13.2. The number of likely N-dealkylation sites (N-methyl/N-ethyl adjacent to an activating group) is 1. The second kappa shape index (κ2) is 10.2. The lowest BCUT2D eigenvalue weighted by molar-refractivity contribution is -0.172. The lowest BCUT2D eigenvalue weighted by atomic mass is 9.77. The van der Waals surface area contributed by atoms with E-state index in [9.17, 15) is 19.2 Å². The van der Waals surface area contributed by atoms with Crippen molar-refractivity contribution in [2.24, 2.45) is 5.41 Å². The molecule has 0 aliphatic rings. The molecule has 1 N–H and O–H groups in total. The van der Waals surface area contributed by atoms with Gasteiger partial charge in [-0.05, 0) is 73.0 Å². The zero-order chi connectivity index (χ0) is 26.7. The summed E-state index contributed by atoms with van der Waals surface area (Å²) < 4.78 is 10.8. The number of rotatable bonds is 9. The molecule has 0 saturated carbocycles. The molecular weight excluding hydrogens is 435 g/mol. The van der Waals surface area contributed by atoms with Crippen LogP contribution in [0, 0.1) is 5.41 Å². The molecule has 1 rings (SSSR count). The highest BCUT2D eigenvalue weighted by molar-refractivity contribution is 6.10. The van der Waals surface area contributed by atoms with E-state index in [1.807, 2.05) is 7.85 Å². The highest BCUT2D eigenvalue weighted by Gasteiger charge is 2.45. The van der Waals surface area contributed by atoms with E-state index in [-0.39, 0.29) is 5.91 Å². The standard InChI is InChI=1S/C25H39BN2O6/c1-22(2,20(31)33-10)16-13-11-12-14-17(16)25(7,8)34-21(32)23(3,4)18(29)27-24(5,6)19(30)28(9)15-26/h11-14H,15,26H2,1-10H3,(H,27,29). The summed E-state index contributed by atoms with van der Waals surface area (Å²) >= 11 is 0. The highest BCUT2D eigenvalue weighted by Crippen LogP contribution is 2.37. The SMILES string of the molecule is BCN(C)C(=O)C(C)(C)NC(=O)C(C)(C)C(=O)OC(C)(C)c1ccccc1C(C)(C)C(=O)OC. The van der Waals surface area contributed by atoms with Crippen molar-refractivity contribution < 1.29 is 28.7 Å². The Morgan fingerprint density at radius 2 is 1.41 bits per heavy atom. The zero-order valence-corrected chi connectivity index (χ0v) is 22.4. The number of carbonyl (C=O) groups excluding carboxylic acids is 4. The number of ether oxygens (including phenoxy) is 2. The van der Waals surface area contributed by atoms with Crippen molar-refractivity contribution in [2.45, 2.75) is 71.9 Å². The van der Waals surface area contributed by atoms with E-state index >= 15 is 0 Å². The summed E-state index contributed by atoms with van der Waals surface area (Å²) in [5.74, 6) is -2.08. The molecule has 0 heterocycles. The van der Waals surface area contributed by atoms with Crippen LogP contribution in [0.5, 0.6) is 0 Å². The normalized spacial score (nSPS) is 12.5. The Balaban J connectivity index is 3.23. The number of nitrogens with zero attached hydrogens (tertiary/aromatic N) is 1. The lowest BCUT2D eigenvalue weighted by Gasteiger charge is -2.36. The lowest BCUT2D eigenvalue weighted by Crippen LogP contribution is -2.59. The van der Waals surface area contributed by atoms with Gasteiger partial charge in [0, 0.05) is 7.05 Å². The van der Waals surface area contributed by atoms with Crippen molar-refractivity contribution in [3.63, 3.8) is 0 Å². The Morgan fingerprint density at radius 3 is 1.88 bits per heavy atom. The Kier molecular flexibility index (Phi) is 8.76. The van der Waals surface area contributed by atoms with Crippen molar-refractivity contribution in [3.8, 4) is 0 Å². The second-order valence-electron chi connectivity index (χ2n) is 10.6. The van der Waals surface area contributed by atoms with Crippen LogP contribution >= 0.6 is 0 Å². The minimum absolute atomic E-state index is 0.271. The predicted molar refractivity (Wildman–Crippen MR) is 133 cm³/mol. The zero-order valence-electron chi connectivity index (χ0n) is 22.4. The van der Waals surface area contributed by atoms with Crippen molar-refractivity contribution >= 4 is 31.6 Å². The summed E-state index contributed by atoms with van der Waals surface area (Å²) in [6.07, 6.45) is 0.485. The smallest absolute Gasteiger partial charge is 0.321 e. The molecule has 34 heavy (non-hydrogen) atoms. The summed E-state index contributed by atoms with van der Waals surface area (Å²) in [6, 6.07) is 7.16. The fourth-order valence-electron chi connectivity index (χ4n) is 3.54. The van der Waals surface area contributed by atoms with Gasteiger partial charge in [-0.1, -0.05) is 24.3 Å². The molecule has 0 fully saturated rings. The van der Waals surface area contributed by atoms with Gasteiger partial charge in [-0.15, -0.1) is 0 Å². The van der Waals surface area contributed by atoms with Crippen LogP contribution in [0.15, 0.2) is 24.3 Å². The quantitative estimate of drug-likeness (QED) is 0.333. The first kappa shape index (κ1) is 29.2. The van der Waals surface area contributed by atoms with Crippen molar-refractivity contribution in [1.82, 2.24) is 10.2 Å².